The third-order valence-corrected chi connectivity index (χ3v) is 4.32. The second-order valence-corrected chi connectivity index (χ2v) is 6.16. The minimum atomic E-state index is -1.08. The van der Waals surface area contributed by atoms with Gasteiger partial charge in [-0.1, -0.05) is 6.07 Å². The van der Waals surface area contributed by atoms with Gasteiger partial charge < -0.3 is 10.4 Å². The third kappa shape index (κ3) is 3.24. The van der Waals surface area contributed by atoms with E-state index in [-0.39, 0.29) is 11.5 Å². The summed E-state index contributed by atoms with van der Waals surface area (Å²) in [5.74, 6) is -1.39. The molecule has 2 heterocycles. The summed E-state index contributed by atoms with van der Waals surface area (Å²) in [6.45, 7) is 2.38. The van der Waals surface area contributed by atoms with Crippen LogP contribution in [0.2, 0.25) is 0 Å². The van der Waals surface area contributed by atoms with E-state index in [2.05, 4.69) is 20.6 Å². The molecule has 0 aliphatic rings. The molecular weight excluding hydrogens is 349 g/mol. The fourth-order valence-corrected chi connectivity index (χ4v) is 2.90. The number of aromatic carboxylic acids is 1. The van der Waals surface area contributed by atoms with Gasteiger partial charge in [-0.3, -0.25) is 5.10 Å². The second-order valence-electron chi connectivity index (χ2n) is 6.16. The van der Waals surface area contributed by atoms with Crippen molar-refractivity contribution in [2.75, 3.05) is 5.32 Å². The van der Waals surface area contributed by atoms with Crippen LogP contribution >= 0.6 is 0 Å². The van der Waals surface area contributed by atoms with Gasteiger partial charge in [-0.2, -0.15) is 10.2 Å². The number of fused-ring (bicyclic) bond motifs is 1. The number of aromatic nitrogens is 4. The number of hydrogen-bond acceptors (Lipinski definition) is 4. The molecule has 8 heteroatoms. The van der Waals surface area contributed by atoms with E-state index in [1.54, 1.807) is 28.9 Å². The number of halogens is 1. The van der Waals surface area contributed by atoms with E-state index >= 15 is 0 Å². The zero-order valence-electron chi connectivity index (χ0n) is 14.4. The Hall–Kier alpha value is -3.68. The van der Waals surface area contributed by atoms with Crippen LogP contribution in [0.15, 0.2) is 48.7 Å². The molecule has 0 saturated carbocycles. The Kier molecular flexibility index (Phi) is 4.08. The smallest absolute Gasteiger partial charge is 0.357 e. The predicted octanol–water partition coefficient (Wildman–Crippen LogP) is 3.51. The molecule has 7 nitrogen and oxygen atoms in total. The van der Waals surface area contributed by atoms with Crippen LogP contribution in [0.4, 0.5) is 10.1 Å². The van der Waals surface area contributed by atoms with Crippen LogP contribution in [0.3, 0.4) is 0 Å². The molecule has 0 bridgehead atoms. The number of benzene rings is 2. The maximum absolute atomic E-state index is 13.4. The number of carboxylic acid groups (broad SMARTS) is 1. The third-order valence-electron chi connectivity index (χ3n) is 4.32. The topological polar surface area (TPSA) is 95.8 Å². The number of H-pyrrole nitrogens is 1. The molecule has 0 atom stereocenters. The van der Waals surface area contributed by atoms with E-state index in [1.165, 1.54) is 12.1 Å². The highest BCUT2D eigenvalue weighted by atomic mass is 19.1. The summed E-state index contributed by atoms with van der Waals surface area (Å²) in [7, 11) is 0. The second kappa shape index (κ2) is 6.56. The number of aromatic amines is 1. The molecule has 0 saturated heterocycles. The Morgan fingerprint density at radius 3 is 2.93 bits per heavy atom. The van der Waals surface area contributed by atoms with Crippen molar-refractivity contribution in [2.24, 2.45) is 0 Å². The van der Waals surface area contributed by atoms with Crippen molar-refractivity contribution < 1.29 is 14.3 Å². The molecule has 3 N–H and O–H groups in total. The summed E-state index contributed by atoms with van der Waals surface area (Å²) >= 11 is 0. The maximum Gasteiger partial charge on any atom is 0.357 e. The molecule has 0 radical (unpaired) electrons. The van der Waals surface area contributed by atoms with Crippen molar-refractivity contribution in [3.8, 4) is 5.69 Å². The number of carboxylic acids is 1. The molecule has 4 aromatic rings. The molecule has 4 rings (SSSR count). The summed E-state index contributed by atoms with van der Waals surface area (Å²) < 4.78 is 15.1. The summed E-state index contributed by atoms with van der Waals surface area (Å²) in [4.78, 5) is 11.2. The first-order valence-corrected chi connectivity index (χ1v) is 8.27. The Bertz CT molecular complexity index is 1150. The summed E-state index contributed by atoms with van der Waals surface area (Å²) in [6, 6.07) is 11.6. The zero-order valence-corrected chi connectivity index (χ0v) is 14.4. The Morgan fingerprint density at radius 1 is 1.30 bits per heavy atom. The highest BCUT2D eigenvalue weighted by Crippen LogP contribution is 2.22. The van der Waals surface area contributed by atoms with E-state index in [4.69, 9.17) is 0 Å². The number of anilines is 1. The lowest BCUT2D eigenvalue weighted by Gasteiger charge is -2.06. The van der Waals surface area contributed by atoms with Gasteiger partial charge in [-0.05, 0) is 43.3 Å². The molecular formula is C19H16FN5O2. The van der Waals surface area contributed by atoms with Crippen LogP contribution in [-0.4, -0.2) is 31.1 Å². The molecule has 0 fully saturated rings. The lowest BCUT2D eigenvalue weighted by Crippen LogP contribution is -2.00. The quantitative estimate of drug-likeness (QED) is 0.503. The molecule has 136 valence electrons. The monoisotopic (exact) mass is 365 g/mol. The van der Waals surface area contributed by atoms with Crippen LogP contribution in [0, 0.1) is 12.7 Å². The Labute approximate surface area is 153 Å². The van der Waals surface area contributed by atoms with E-state index in [1.807, 2.05) is 19.2 Å². The van der Waals surface area contributed by atoms with Gasteiger partial charge in [0.1, 0.15) is 5.82 Å². The molecule has 0 unspecified atom stereocenters. The maximum atomic E-state index is 13.4. The normalized spacial score (nSPS) is 11.0. The average molecular weight is 365 g/mol. The van der Waals surface area contributed by atoms with E-state index in [0.29, 0.717) is 23.1 Å². The van der Waals surface area contributed by atoms with Crippen molar-refractivity contribution in [2.45, 2.75) is 13.5 Å². The highest BCUT2D eigenvalue weighted by molar-refractivity contribution is 6.01. The molecule has 2 aromatic carbocycles. The van der Waals surface area contributed by atoms with Gasteiger partial charge in [0.25, 0.3) is 0 Å². The molecule has 0 aliphatic carbocycles. The van der Waals surface area contributed by atoms with Crippen LogP contribution < -0.4 is 5.32 Å². The van der Waals surface area contributed by atoms with Gasteiger partial charge in [0, 0.05) is 29.4 Å². The van der Waals surface area contributed by atoms with Crippen molar-refractivity contribution in [3.63, 3.8) is 0 Å². The Balaban J connectivity index is 1.56. The van der Waals surface area contributed by atoms with Crippen molar-refractivity contribution in [3.05, 3.63) is 71.4 Å². The fraction of sp³-hybridized carbons (Fsp3) is 0.105. The van der Waals surface area contributed by atoms with Crippen LogP contribution in [0.25, 0.3) is 16.6 Å². The molecule has 0 spiro atoms. The molecule has 2 aromatic heterocycles. The van der Waals surface area contributed by atoms with Gasteiger partial charge in [0.15, 0.2) is 5.69 Å². The molecule has 27 heavy (non-hydrogen) atoms. The lowest BCUT2D eigenvalue weighted by molar-refractivity contribution is 0.0692. The number of nitrogens with zero attached hydrogens (tertiary/aromatic N) is 3. The van der Waals surface area contributed by atoms with E-state index < -0.39 is 5.97 Å². The van der Waals surface area contributed by atoms with Crippen molar-refractivity contribution >= 4 is 22.6 Å². The van der Waals surface area contributed by atoms with Gasteiger partial charge in [0.05, 0.1) is 16.9 Å². The number of hydrogen-bond donors (Lipinski definition) is 3. The summed E-state index contributed by atoms with van der Waals surface area (Å²) in [5.41, 5.74) is 3.84. The van der Waals surface area contributed by atoms with Crippen LogP contribution in [0.5, 0.6) is 0 Å². The fourth-order valence-electron chi connectivity index (χ4n) is 2.90. The van der Waals surface area contributed by atoms with Gasteiger partial charge in [-0.15, -0.1) is 0 Å². The van der Waals surface area contributed by atoms with Gasteiger partial charge >= 0.3 is 5.97 Å². The van der Waals surface area contributed by atoms with Crippen molar-refractivity contribution in [1.82, 2.24) is 20.0 Å². The van der Waals surface area contributed by atoms with E-state index in [9.17, 15) is 14.3 Å². The highest BCUT2D eigenvalue weighted by Gasteiger charge is 2.13. The Morgan fingerprint density at radius 2 is 2.15 bits per heavy atom. The van der Waals surface area contributed by atoms with Crippen LogP contribution in [0.1, 0.15) is 21.7 Å². The first kappa shape index (κ1) is 16.8. The first-order chi connectivity index (χ1) is 13.0. The SMILES string of the molecule is Cc1nn(-c2cccc(F)c2)cc1CNc1ccc2[nH]nc(C(=O)O)c2c1. The molecule has 0 aliphatic heterocycles. The summed E-state index contributed by atoms with van der Waals surface area (Å²) in [6.07, 6.45) is 1.84. The molecule has 0 amide bonds. The summed E-state index contributed by atoms with van der Waals surface area (Å²) in [5, 5.41) is 24.0. The minimum Gasteiger partial charge on any atom is -0.476 e. The number of carbonyl (C=O) groups is 1. The number of aryl methyl sites for hydroxylation is 1. The standard InChI is InChI=1S/C19H16FN5O2/c1-11-12(10-25(24-11)15-4-2-3-13(20)7-15)9-21-14-5-6-17-16(8-14)18(19(26)27)23-22-17/h2-8,10,21H,9H2,1H3,(H,22,23)(H,26,27). The lowest BCUT2D eigenvalue weighted by atomic mass is 10.2. The number of nitrogens with one attached hydrogen (secondary N) is 2. The van der Waals surface area contributed by atoms with E-state index in [0.717, 1.165) is 16.9 Å². The largest absolute Gasteiger partial charge is 0.476 e. The zero-order chi connectivity index (χ0) is 19.0. The average Bonchev–Trinajstić information content (AvgIpc) is 3.23. The van der Waals surface area contributed by atoms with Gasteiger partial charge in [-0.25, -0.2) is 13.9 Å². The van der Waals surface area contributed by atoms with Gasteiger partial charge in [0.2, 0.25) is 0 Å². The van der Waals surface area contributed by atoms with Crippen LogP contribution in [-0.2, 0) is 6.54 Å². The predicted molar refractivity (Wildman–Crippen MR) is 98.6 cm³/mol. The first-order valence-electron chi connectivity index (χ1n) is 8.27. The minimum absolute atomic E-state index is 0.0104. The van der Waals surface area contributed by atoms with Crippen molar-refractivity contribution in [1.29, 1.82) is 0 Å². The number of rotatable bonds is 5.